The van der Waals surface area contributed by atoms with Gasteiger partial charge in [-0.25, -0.2) is 0 Å². The Bertz CT molecular complexity index is 1770. The second-order valence-corrected chi connectivity index (χ2v) is 15.1. The molecule has 3 heterocycles. The van der Waals surface area contributed by atoms with Gasteiger partial charge in [-0.2, -0.15) is 4.57 Å². The first-order chi connectivity index (χ1) is 19.1. The van der Waals surface area contributed by atoms with E-state index >= 15 is 0 Å². The minimum atomic E-state index is 0.0262. The highest BCUT2D eigenvalue weighted by Gasteiger charge is 2.74. The molecule has 1 saturated carbocycles. The summed E-state index contributed by atoms with van der Waals surface area (Å²) in [5.74, 6) is 1.98. The van der Waals surface area contributed by atoms with Crippen molar-refractivity contribution in [3.8, 4) is 11.3 Å². The van der Waals surface area contributed by atoms with E-state index in [1.165, 1.54) is 43.7 Å². The molecular formula is C37H40NOS+. The summed E-state index contributed by atoms with van der Waals surface area (Å²) in [5.41, 5.74) is 14.8. The van der Waals surface area contributed by atoms with Crippen molar-refractivity contribution < 1.29 is 9.30 Å². The number of methoxy groups -OCH3 is 1. The fraction of sp³-hybridized carbons (Fsp3) is 0.432. The average molecular weight is 547 g/mol. The van der Waals surface area contributed by atoms with Crippen molar-refractivity contribution in [2.45, 2.75) is 87.3 Å². The summed E-state index contributed by atoms with van der Waals surface area (Å²) in [4.78, 5) is 1.48. The van der Waals surface area contributed by atoms with E-state index in [2.05, 4.69) is 119 Å². The Morgan fingerprint density at radius 1 is 0.900 bits per heavy atom. The minimum Gasteiger partial charge on any atom is -0.384 e. The van der Waals surface area contributed by atoms with Gasteiger partial charge < -0.3 is 4.74 Å². The quantitative estimate of drug-likeness (QED) is 0.238. The standard InChI is InChI=1S/C37H40NOS/c1-19(2)22-12-15-29-25(17-22)34-35(40-29)24-14-13-23-31(33(24)36(34,5)6)28-16-21(4)30-20(3)10-9-11-27(30)38(28)37(7)26(18-39-8)32(23)37/h9-17,19,26,32,34-35H,18H2,1-8H3/q+1. The normalized spacial score (nSPS) is 28.1. The number of thioether (sulfide) groups is 1. The van der Waals surface area contributed by atoms with Gasteiger partial charge in [0.15, 0.2) is 5.54 Å². The lowest BCUT2D eigenvalue weighted by Crippen LogP contribution is -2.52. The Labute approximate surface area is 243 Å². The predicted octanol–water partition coefficient (Wildman–Crippen LogP) is 8.84. The van der Waals surface area contributed by atoms with Crippen molar-refractivity contribution in [2.75, 3.05) is 13.7 Å². The molecule has 0 radical (unpaired) electrons. The topological polar surface area (TPSA) is 13.1 Å². The zero-order chi connectivity index (χ0) is 27.9. The van der Waals surface area contributed by atoms with Crippen LogP contribution in [0.25, 0.3) is 22.2 Å². The molecule has 204 valence electrons. The van der Waals surface area contributed by atoms with Gasteiger partial charge >= 0.3 is 0 Å². The highest BCUT2D eigenvalue weighted by Crippen LogP contribution is 2.71. The first-order valence-electron chi connectivity index (χ1n) is 15.0. The van der Waals surface area contributed by atoms with Crippen molar-refractivity contribution in [2.24, 2.45) is 5.92 Å². The number of hydrogen-bond acceptors (Lipinski definition) is 2. The molecule has 5 atom stereocenters. The SMILES string of the molecule is COCC1C2c3ccc4c(c3-c3cc(C)c5c(C)cccc5[n+]3C12C)C(C)(C)C1c2cc(C(C)C)ccc2SC41. The van der Waals surface area contributed by atoms with Crippen LogP contribution in [0, 0.1) is 19.8 Å². The van der Waals surface area contributed by atoms with E-state index in [1.807, 2.05) is 7.11 Å². The Kier molecular flexibility index (Phi) is 5.03. The molecule has 2 aliphatic carbocycles. The molecule has 0 bridgehead atoms. The molecule has 4 aromatic rings. The maximum absolute atomic E-state index is 5.86. The minimum absolute atomic E-state index is 0.0262. The Morgan fingerprint density at radius 2 is 1.68 bits per heavy atom. The van der Waals surface area contributed by atoms with E-state index in [4.69, 9.17) is 4.74 Å². The van der Waals surface area contributed by atoms with Gasteiger partial charge in [0, 0.05) is 42.2 Å². The molecule has 4 aliphatic rings. The van der Waals surface area contributed by atoms with E-state index in [9.17, 15) is 0 Å². The van der Waals surface area contributed by atoms with E-state index < -0.39 is 0 Å². The third-order valence-electron chi connectivity index (χ3n) is 11.2. The third-order valence-corrected chi connectivity index (χ3v) is 12.6. The lowest BCUT2D eigenvalue weighted by Gasteiger charge is -2.32. The number of fused-ring (bicyclic) bond motifs is 14. The summed E-state index contributed by atoms with van der Waals surface area (Å²) in [7, 11) is 1.87. The lowest BCUT2D eigenvalue weighted by atomic mass is 9.71. The van der Waals surface area contributed by atoms with Gasteiger partial charge in [-0.05, 0) is 70.2 Å². The van der Waals surface area contributed by atoms with Crippen LogP contribution in [0.2, 0.25) is 0 Å². The van der Waals surface area contributed by atoms with E-state index in [1.54, 1.807) is 22.3 Å². The van der Waals surface area contributed by atoms with Crippen molar-refractivity contribution in [3.63, 3.8) is 0 Å². The fourth-order valence-corrected chi connectivity index (χ4v) is 11.0. The van der Waals surface area contributed by atoms with E-state index in [0.29, 0.717) is 28.9 Å². The van der Waals surface area contributed by atoms with Crippen LogP contribution in [0.1, 0.15) is 96.6 Å². The van der Waals surface area contributed by atoms with Crippen LogP contribution in [0.15, 0.2) is 59.5 Å². The van der Waals surface area contributed by atoms with Crippen LogP contribution < -0.4 is 4.57 Å². The Morgan fingerprint density at radius 3 is 2.42 bits per heavy atom. The number of aryl methyl sites for hydroxylation is 2. The molecule has 0 N–H and O–H groups in total. The Balaban J connectivity index is 1.42. The molecule has 2 nitrogen and oxygen atoms in total. The van der Waals surface area contributed by atoms with E-state index in [-0.39, 0.29) is 11.0 Å². The monoisotopic (exact) mass is 546 g/mol. The van der Waals surface area contributed by atoms with Gasteiger partial charge in [0.1, 0.15) is 0 Å². The summed E-state index contributed by atoms with van der Waals surface area (Å²) >= 11 is 2.10. The van der Waals surface area contributed by atoms with Crippen molar-refractivity contribution >= 4 is 22.7 Å². The van der Waals surface area contributed by atoms with Gasteiger partial charge in [-0.15, -0.1) is 11.8 Å². The second kappa shape index (κ2) is 8.01. The van der Waals surface area contributed by atoms with E-state index in [0.717, 1.165) is 6.61 Å². The molecule has 5 unspecified atom stereocenters. The first-order valence-corrected chi connectivity index (χ1v) is 15.9. The van der Waals surface area contributed by atoms with Crippen molar-refractivity contribution in [3.05, 3.63) is 93.5 Å². The second-order valence-electron chi connectivity index (χ2n) is 14.0. The fourth-order valence-electron chi connectivity index (χ4n) is 9.31. The number of pyridine rings is 1. The molecule has 1 fully saturated rings. The van der Waals surface area contributed by atoms with Crippen LogP contribution in [0.5, 0.6) is 0 Å². The maximum Gasteiger partial charge on any atom is 0.214 e. The highest BCUT2D eigenvalue weighted by molar-refractivity contribution is 8.00. The molecule has 0 saturated heterocycles. The zero-order valence-electron chi connectivity index (χ0n) is 25.1. The number of aromatic nitrogens is 1. The molecule has 2 aliphatic heterocycles. The summed E-state index contributed by atoms with van der Waals surface area (Å²) in [6, 6.07) is 21.7. The van der Waals surface area contributed by atoms with Crippen LogP contribution >= 0.6 is 11.8 Å². The molecule has 8 rings (SSSR count). The first kappa shape index (κ1) is 25.1. The number of nitrogens with zero attached hydrogens (tertiary/aromatic N) is 1. The molecule has 40 heavy (non-hydrogen) atoms. The van der Waals surface area contributed by atoms with Crippen molar-refractivity contribution in [1.82, 2.24) is 0 Å². The zero-order valence-corrected chi connectivity index (χ0v) is 25.9. The Hall–Kier alpha value is -2.62. The van der Waals surface area contributed by atoms with Crippen LogP contribution in [-0.2, 0) is 15.7 Å². The van der Waals surface area contributed by atoms with Crippen LogP contribution in [-0.4, -0.2) is 13.7 Å². The summed E-state index contributed by atoms with van der Waals surface area (Å²) in [5, 5.41) is 1.89. The van der Waals surface area contributed by atoms with Crippen LogP contribution in [0.4, 0.5) is 0 Å². The summed E-state index contributed by atoms with van der Waals surface area (Å²) in [6.07, 6.45) is 0. The lowest BCUT2D eigenvalue weighted by molar-refractivity contribution is -0.707. The number of hydrogen-bond donors (Lipinski definition) is 0. The van der Waals surface area contributed by atoms with Gasteiger partial charge in [0.2, 0.25) is 11.2 Å². The largest absolute Gasteiger partial charge is 0.384 e. The van der Waals surface area contributed by atoms with Gasteiger partial charge in [0.05, 0.1) is 29.4 Å². The highest BCUT2D eigenvalue weighted by atomic mass is 32.2. The molecule has 3 heteroatoms. The number of rotatable bonds is 3. The van der Waals surface area contributed by atoms with Crippen LogP contribution in [0.3, 0.4) is 0 Å². The third kappa shape index (κ3) is 2.89. The number of ether oxygens (including phenoxy) is 1. The summed E-state index contributed by atoms with van der Waals surface area (Å²) < 4.78 is 8.60. The molecule has 1 aromatic heterocycles. The smallest absolute Gasteiger partial charge is 0.214 e. The summed E-state index contributed by atoms with van der Waals surface area (Å²) in [6.45, 7) is 17.6. The van der Waals surface area contributed by atoms with Crippen molar-refractivity contribution in [1.29, 1.82) is 0 Å². The molecule has 0 amide bonds. The molecule has 0 spiro atoms. The maximum atomic E-state index is 5.86. The average Bonchev–Trinajstić information content (AvgIpc) is 3.22. The van der Waals surface area contributed by atoms with Gasteiger partial charge in [0.25, 0.3) is 0 Å². The number of benzene rings is 3. The predicted molar refractivity (Wildman–Crippen MR) is 166 cm³/mol. The molecule has 3 aromatic carbocycles. The van der Waals surface area contributed by atoms with Gasteiger partial charge in [-0.3, -0.25) is 0 Å². The molecular weight excluding hydrogens is 506 g/mol. The van der Waals surface area contributed by atoms with Gasteiger partial charge in [-0.1, -0.05) is 64.1 Å².